The van der Waals surface area contributed by atoms with Gasteiger partial charge in [0.1, 0.15) is 10.6 Å². The third-order valence-corrected chi connectivity index (χ3v) is 6.52. The van der Waals surface area contributed by atoms with Gasteiger partial charge < -0.3 is 14.5 Å². The van der Waals surface area contributed by atoms with E-state index in [4.69, 9.17) is 4.42 Å². The summed E-state index contributed by atoms with van der Waals surface area (Å²) < 4.78 is 5.88. The number of nitrogens with one attached hydrogen (secondary N) is 1. The lowest BCUT2D eigenvalue weighted by molar-refractivity contribution is 0.0697. The SMILES string of the molecule is O=C(O)c1ccccc1-c1ccc(-c2nc3sc4c(c3c(=O)[nH]2)CCCCC4)o1. The minimum Gasteiger partial charge on any atom is -0.478 e. The van der Waals surface area contributed by atoms with Gasteiger partial charge in [-0.15, -0.1) is 11.3 Å². The van der Waals surface area contributed by atoms with Crippen LogP contribution < -0.4 is 5.56 Å². The second-order valence-corrected chi connectivity index (χ2v) is 8.26. The Morgan fingerprint density at radius 1 is 1.07 bits per heavy atom. The Balaban J connectivity index is 1.59. The summed E-state index contributed by atoms with van der Waals surface area (Å²) in [5.41, 5.74) is 1.65. The van der Waals surface area contributed by atoms with Gasteiger partial charge in [0, 0.05) is 10.4 Å². The van der Waals surface area contributed by atoms with Crippen molar-refractivity contribution in [2.75, 3.05) is 0 Å². The first-order valence-electron chi connectivity index (χ1n) is 9.59. The Bertz CT molecular complexity index is 1300. The maximum absolute atomic E-state index is 12.8. The van der Waals surface area contributed by atoms with Crippen LogP contribution in [0, 0.1) is 0 Å². The molecule has 6 nitrogen and oxygen atoms in total. The Morgan fingerprint density at radius 3 is 2.72 bits per heavy atom. The molecule has 0 radical (unpaired) electrons. The molecule has 0 atom stereocenters. The smallest absolute Gasteiger partial charge is 0.336 e. The number of aromatic amines is 1. The van der Waals surface area contributed by atoms with E-state index in [-0.39, 0.29) is 11.1 Å². The second kappa shape index (κ2) is 7.00. The van der Waals surface area contributed by atoms with Crippen molar-refractivity contribution in [3.63, 3.8) is 0 Å². The lowest BCUT2D eigenvalue weighted by Gasteiger charge is -2.03. The van der Waals surface area contributed by atoms with Gasteiger partial charge in [-0.25, -0.2) is 9.78 Å². The number of carboxylic acids is 1. The highest BCUT2D eigenvalue weighted by Gasteiger charge is 2.21. The summed E-state index contributed by atoms with van der Waals surface area (Å²) in [6.45, 7) is 0. The highest BCUT2D eigenvalue weighted by Crippen LogP contribution is 2.34. The molecule has 29 heavy (non-hydrogen) atoms. The fourth-order valence-electron chi connectivity index (χ4n) is 3.95. The van der Waals surface area contributed by atoms with E-state index in [1.807, 2.05) is 0 Å². The summed E-state index contributed by atoms with van der Waals surface area (Å²) in [6, 6.07) is 10.1. The van der Waals surface area contributed by atoms with Crippen molar-refractivity contribution < 1.29 is 14.3 Å². The monoisotopic (exact) mass is 406 g/mol. The van der Waals surface area contributed by atoms with Crippen LogP contribution in [0.1, 0.15) is 40.1 Å². The largest absolute Gasteiger partial charge is 0.478 e. The fourth-order valence-corrected chi connectivity index (χ4v) is 5.21. The third kappa shape index (κ3) is 3.07. The summed E-state index contributed by atoms with van der Waals surface area (Å²) in [5, 5.41) is 10.1. The Hall–Kier alpha value is -3.19. The van der Waals surface area contributed by atoms with E-state index in [0.29, 0.717) is 28.3 Å². The first kappa shape index (κ1) is 17.9. The van der Waals surface area contributed by atoms with Gasteiger partial charge in [-0.05, 0) is 49.4 Å². The van der Waals surface area contributed by atoms with Gasteiger partial charge in [0.25, 0.3) is 5.56 Å². The normalized spacial score (nSPS) is 13.9. The molecule has 1 aromatic carbocycles. The fraction of sp³-hybridized carbons (Fsp3) is 0.227. The lowest BCUT2D eigenvalue weighted by Crippen LogP contribution is -2.09. The zero-order valence-electron chi connectivity index (χ0n) is 15.5. The van der Waals surface area contributed by atoms with Crippen molar-refractivity contribution in [1.29, 1.82) is 0 Å². The van der Waals surface area contributed by atoms with Crippen LogP contribution in [-0.2, 0) is 12.8 Å². The molecule has 1 aliphatic carbocycles. The van der Waals surface area contributed by atoms with E-state index >= 15 is 0 Å². The van der Waals surface area contributed by atoms with Crippen LogP contribution >= 0.6 is 11.3 Å². The number of thiophene rings is 1. The lowest BCUT2D eigenvalue weighted by atomic mass is 10.1. The van der Waals surface area contributed by atoms with Gasteiger partial charge in [0.15, 0.2) is 11.6 Å². The van der Waals surface area contributed by atoms with E-state index in [0.717, 1.165) is 36.1 Å². The van der Waals surface area contributed by atoms with Crippen molar-refractivity contribution >= 4 is 27.5 Å². The van der Waals surface area contributed by atoms with Gasteiger partial charge in [0.2, 0.25) is 0 Å². The topological polar surface area (TPSA) is 96.2 Å². The molecule has 0 unspecified atom stereocenters. The van der Waals surface area contributed by atoms with Crippen LogP contribution in [0.5, 0.6) is 0 Å². The standard InChI is InChI=1S/C22H18N2O4S/c25-20-18-14-8-2-1-3-9-17(14)29-21(18)24-19(23-20)16-11-10-15(28-16)12-6-4-5-7-13(12)22(26)27/h4-7,10-11H,1-3,8-9H2,(H,26,27)(H,23,24,25). The van der Waals surface area contributed by atoms with E-state index < -0.39 is 5.97 Å². The number of furan rings is 1. The molecule has 0 saturated heterocycles. The molecule has 3 aromatic heterocycles. The first-order valence-corrected chi connectivity index (χ1v) is 10.4. The molecule has 0 aliphatic heterocycles. The molecular weight excluding hydrogens is 388 g/mol. The van der Waals surface area contributed by atoms with Crippen molar-refractivity contribution in [3.05, 3.63) is 62.8 Å². The minimum absolute atomic E-state index is 0.145. The van der Waals surface area contributed by atoms with Crippen LogP contribution in [-0.4, -0.2) is 21.0 Å². The molecule has 146 valence electrons. The maximum Gasteiger partial charge on any atom is 0.336 e. The minimum atomic E-state index is -1.02. The summed E-state index contributed by atoms with van der Waals surface area (Å²) >= 11 is 1.60. The van der Waals surface area contributed by atoms with Crippen LogP contribution in [0.4, 0.5) is 0 Å². The van der Waals surface area contributed by atoms with Crippen molar-refractivity contribution in [2.24, 2.45) is 0 Å². The molecule has 4 aromatic rings. The zero-order chi connectivity index (χ0) is 20.0. The summed E-state index contributed by atoms with van der Waals surface area (Å²) in [5.74, 6) is 0.162. The number of aromatic nitrogens is 2. The van der Waals surface area contributed by atoms with Crippen molar-refractivity contribution in [3.8, 4) is 22.9 Å². The van der Waals surface area contributed by atoms with E-state index in [1.54, 1.807) is 41.7 Å². The third-order valence-electron chi connectivity index (χ3n) is 5.34. The molecule has 5 rings (SSSR count). The van der Waals surface area contributed by atoms with Crippen LogP contribution in [0.2, 0.25) is 0 Å². The molecule has 3 heterocycles. The van der Waals surface area contributed by atoms with Gasteiger partial charge >= 0.3 is 5.97 Å². The number of benzene rings is 1. The van der Waals surface area contributed by atoms with Crippen LogP contribution in [0.3, 0.4) is 0 Å². The Labute approximate surface area is 169 Å². The highest BCUT2D eigenvalue weighted by atomic mass is 32.1. The van der Waals surface area contributed by atoms with E-state index in [1.165, 1.54) is 17.4 Å². The molecule has 0 spiro atoms. The number of carboxylic acid groups (broad SMARTS) is 1. The average Bonchev–Trinajstić information content (AvgIpc) is 3.27. The molecule has 2 N–H and O–H groups in total. The quantitative estimate of drug-likeness (QED) is 0.473. The maximum atomic E-state index is 12.8. The Kier molecular flexibility index (Phi) is 4.32. The Morgan fingerprint density at radius 2 is 1.86 bits per heavy atom. The summed E-state index contributed by atoms with van der Waals surface area (Å²) in [6.07, 6.45) is 5.37. The van der Waals surface area contributed by atoms with Gasteiger partial charge in [-0.1, -0.05) is 24.6 Å². The number of aryl methyl sites for hydroxylation is 2. The van der Waals surface area contributed by atoms with Crippen LogP contribution in [0.15, 0.2) is 45.6 Å². The van der Waals surface area contributed by atoms with Crippen LogP contribution in [0.25, 0.3) is 33.1 Å². The number of fused-ring (bicyclic) bond motifs is 3. The zero-order valence-corrected chi connectivity index (χ0v) is 16.3. The number of rotatable bonds is 3. The number of aromatic carboxylic acids is 1. The van der Waals surface area contributed by atoms with E-state index in [2.05, 4.69) is 9.97 Å². The number of H-pyrrole nitrogens is 1. The van der Waals surface area contributed by atoms with Crippen molar-refractivity contribution in [1.82, 2.24) is 9.97 Å². The van der Waals surface area contributed by atoms with Crippen molar-refractivity contribution in [2.45, 2.75) is 32.1 Å². The predicted molar refractivity (Wildman–Crippen MR) is 112 cm³/mol. The molecular formula is C22H18N2O4S. The molecule has 1 aliphatic rings. The van der Waals surface area contributed by atoms with E-state index in [9.17, 15) is 14.7 Å². The number of carbonyl (C=O) groups is 1. The molecule has 0 fully saturated rings. The molecule has 0 bridgehead atoms. The van der Waals surface area contributed by atoms with Gasteiger partial charge in [0.05, 0.1) is 10.9 Å². The van der Waals surface area contributed by atoms with Gasteiger partial charge in [-0.2, -0.15) is 0 Å². The predicted octanol–water partition coefficient (Wildman–Crippen LogP) is 4.88. The van der Waals surface area contributed by atoms with Gasteiger partial charge in [-0.3, -0.25) is 4.79 Å². The summed E-state index contributed by atoms with van der Waals surface area (Å²) in [4.78, 5) is 33.8. The second-order valence-electron chi connectivity index (χ2n) is 7.17. The average molecular weight is 406 g/mol. The highest BCUT2D eigenvalue weighted by molar-refractivity contribution is 7.18. The number of hydrogen-bond donors (Lipinski definition) is 2. The molecule has 0 amide bonds. The first-order chi connectivity index (χ1) is 14.1. The number of nitrogens with zero attached hydrogens (tertiary/aromatic N) is 1. The summed E-state index contributed by atoms with van der Waals surface area (Å²) in [7, 11) is 0. The number of hydrogen-bond acceptors (Lipinski definition) is 5. The molecule has 0 saturated carbocycles. The molecule has 7 heteroatoms.